The Bertz CT molecular complexity index is 849. The Balaban J connectivity index is 1.65. The van der Waals surface area contributed by atoms with Gasteiger partial charge in [0.15, 0.2) is 0 Å². The van der Waals surface area contributed by atoms with Crippen LogP contribution in [0.25, 0.3) is 11.1 Å². The Morgan fingerprint density at radius 3 is 2.91 bits per heavy atom. The average molecular weight is 313 g/mol. The summed E-state index contributed by atoms with van der Waals surface area (Å²) in [7, 11) is 0. The molecule has 0 unspecified atom stereocenters. The fraction of sp³-hybridized carbons (Fsp3) is 0.375. The number of rotatable bonds is 5. The molecule has 120 valence electrons. The molecule has 0 spiro atoms. The fourth-order valence-electron chi connectivity index (χ4n) is 2.52. The van der Waals surface area contributed by atoms with E-state index in [1.165, 1.54) is 0 Å². The number of nitrogens with zero attached hydrogens (tertiary/aromatic N) is 4. The molecule has 0 fully saturated rings. The first-order valence-corrected chi connectivity index (χ1v) is 7.55. The lowest BCUT2D eigenvalue weighted by atomic mass is 10.1. The number of fused-ring (bicyclic) bond motifs is 1. The van der Waals surface area contributed by atoms with Crippen molar-refractivity contribution in [3.05, 3.63) is 41.0 Å². The van der Waals surface area contributed by atoms with Crippen molar-refractivity contribution in [3.8, 4) is 0 Å². The molecule has 7 nitrogen and oxygen atoms in total. The maximum atomic E-state index is 12.4. The topological polar surface area (TPSA) is 85.8 Å². The Morgan fingerprint density at radius 2 is 2.17 bits per heavy atom. The molecule has 0 radical (unpaired) electrons. The molecule has 3 aromatic rings. The van der Waals surface area contributed by atoms with Gasteiger partial charge in [0.1, 0.15) is 0 Å². The van der Waals surface area contributed by atoms with E-state index in [2.05, 4.69) is 20.6 Å². The lowest BCUT2D eigenvalue weighted by Gasteiger charge is -2.07. The SMILES string of the molecule is Cc1cnn(CCCNC(=O)c2cc(C)nc3onc(C)c23)c1. The van der Waals surface area contributed by atoms with Crippen LogP contribution in [0.2, 0.25) is 0 Å². The van der Waals surface area contributed by atoms with Gasteiger partial charge in [0.2, 0.25) is 0 Å². The molecule has 0 aliphatic carbocycles. The van der Waals surface area contributed by atoms with Gasteiger partial charge >= 0.3 is 0 Å². The van der Waals surface area contributed by atoms with Crippen LogP contribution in [0.3, 0.4) is 0 Å². The zero-order valence-corrected chi connectivity index (χ0v) is 13.5. The third kappa shape index (κ3) is 3.23. The van der Waals surface area contributed by atoms with Crippen molar-refractivity contribution >= 4 is 17.0 Å². The second-order valence-corrected chi connectivity index (χ2v) is 5.65. The molecule has 0 aliphatic heterocycles. The lowest BCUT2D eigenvalue weighted by molar-refractivity contribution is 0.0954. The number of hydrogen-bond acceptors (Lipinski definition) is 5. The van der Waals surface area contributed by atoms with Crippen molar-refractivity contribution in [3.63, 3.8) is 0 Å². The number of nitrogens with one attached hydrogen (secondary N) is 1. The van der Waals surface area contributed by atoms with Gasteiger partial charge in [-0.1, -0.05) is 5.16 Å². The van der Waals surface area contributed by atoms with E-state index < -0.39 is 0 Å². The fourth-order valence-corrected chi connectivity index (χ4v) is 2.52. The Hall–Kier alpha value is -2.70. The largest absolute Gasteiger partial charge is 0.352 e. The molecule has 0 aliphatic rings. The normalized spacial score (nSPS) is 11.1. The summed E-state index contributed by atoms with van der Waals surface area (Å²) in [4.78, 5) is 16.7. The Kier molecular flexibility index (Phi) is 4.10. The van der Waals surface area contributed by atoms with Gasteiger partial charge in [-0.25, -0.2) is 4.98 Å². The van der Waals surface area contributed by atoms with Crippen LogP contribution in [-0.4, -0.2) is 32.4 Å². The van der Waals surface area contributed by atoms with Crippen LogP contribution in [0.15, 0.2) is 23.0 Å². The Morgan fingerprint density at radius 1 is 1.35 bits per heavy atom. The van der Waals surface area contributed by atoms with Gasteiger partial charge in [-0.15, -0.1) is 0 Å². The number of hydrogen-bond donors (Lipinski definition) is 1. The van der Waals surface area contributed by atoms with Crippen LogP contribution in [0.1, 0.15) is 33.7 Å². The summed E-state index contributed by atoms with van der Waals surface area (Å²) in [6.45, 7) is 6.98. The highest BCUT2D eigenvalue weighted by molar-refractivity contribution is 6.05. The van der Waals surface area contributed by atoms with E-state index in [0.29, 0.717) is 28.9 Å². The van der Waals surface area contributed by atoms with E-state index in [1.807, 2.05) is 30.9 Å². The molecule has 0 atom stereocenters. The molecule has 0 aromatic carbocycles. The minimum Gasteiger partial charge on any atom is -0.352 e. The van der Waals surface area contributed by atoms with Crippen molar-refractivity contribution in [2.24, 2.45) is 0 Å². The quantitative estimate of drug-likeness (QED) is 0.730. The standard InChI is InChI=1S/C16H19N5O2/c1-10-8-18-21(9-10)6-4-5-17-15(22)13-7-11(2)19-16-14(13)12(3)20-23-16/h7-9H,4-6H2,1-3H3,(H,17,22). The maximum Gasteiger partial charge on any atom is 0.258 e. The zero-order chi connectivity index (χ0) is 16.4. The van der Waals surface area contributed by atoms with E-state index in [0.717, 1.165) is 24.2 Å². The minimum absolute atomic E-state index is 0.136. The van der Waals surface area contributed by atoms with Gasteiger partial charge in [-0.2, -0.15) is 5.10 Å². The molecule has 23 heavy (non-hydrogen) atoms. The second kappa shape index (κ2) is 6.20. The molecular weight excluding hydrogens is 294 g/mol. The molecule has 0 bridgehead atoms. The highest BCUT2D eigenvalue weighted by atomic mass is 16.5. The summed E-state index contributed by atoms with van der Waals surface area (Å²) < 4.78 is 7.03. The summed E-state index contributed by atoms with van der Waals surface area (Å²) in [5.41, 5.74) is 3.49. The van der Waals surface area contributed by atoms with Crippen LogP contribution in [-0.2, 0) is 6.54 Å². The summed E-state index contributed by atoms with van der Waals surface area (Å²) in [5, 5.41) is 11.7. The van der Waals surface area contributed by atoms with Gasteiger partial charge in [-0.3, -0.25) is 9.48 Å². The number of amides is 1. The van der Waals surface area contributed by atoms with E-state index in [1.54, 1.807) is 13.0 Å². The van der Waals surface area contributed by atoms with Crippen molar-refractivity contribution in [2.75, 3.05) is 6.54 Å². The maximum absolute atomic E-state index is 12.4. The van der Waals surface area contributed by atoms with Gasteiger partial charge in [0.25, 0.3) is 11.6 Å². The van der Waals surface area contributed by atoms with Gasteiger partial charge in [0, 0.05) is 25.0 Å². The van der Waals surface area contributed by atoms with Gasteiger partial charge in [0.05, 0.1) is 22.8 Å². The van der Waals surface area contributed by atoms with Crippen LogP contribution >= 0.6 is 0 Å². The van der Waals surface area contributed by atoms with E-state index in [9.17, 15) is 4.79 Å². The highest BCUT2D eigenvalue weighted by Gasteiger charge is 2.17. The highest BCUT2D eigenvalue weighted by Crippen LogP contribution is 2.21. The van der Waals surface area contributed by atoms with Crippen LogP contribution in [0, 0.1) is 20.8 Å². The second-order valence-electron chi connectivity index (χ2n) is 5.65. The molecule has 7 heteroatoms. The lowest BCUT2D eigenvalue weighted by Crippen LogP contribution is -2.25. The average Bonchev–Trinajstić information content (AvgIpc) is 3.09. The molecule has 3 heterocycles. The number of pyridine rings is 1. The first-order chi connectivity index (χ1) is 11.0. The van der Waals surface area contributed by atoms with Crippen LogP contribution in [0.5, 0.6) is 0 Å². The Labute approximate surface area is 133 Å². The molecule has 1 N–H and O–H groups in total. The molecular formula is C16H19N5O2. The molecule has 3 aromatic heterocycles. The van der Waals surface area contributed by atoms with Gasteiger partial charge < -0.3 is 9.84 Å². The van der Waals surface area contributed by atoms with Crippen LogP contribution < -0.4 is 5.32 Å². The summed E-state index contributed by atoms with van der Waals surface area (Å²) >= 11 is 0. The van der Waals surface area contributed by atoms with Crippen molar-refractivity contribution in [2.45, 2.75) is 33.7 Å². The van der Waals surface area contributed by atoms with Crippen molar-refractivity contribution < 1.29 is 9.32 Å². The van der Waals surface area contributed by atoms with Gasteiger partial charge in [-0.05, 0) is 38.8 Å². The third-order valence-electron chi connectivity index (χ3n) is 3.60. The van der Waals surface area contributed by atoms with E-state index >= 15 is 0 Å². The monoisotopic (exact) mass is 313 g/mol. The molecule has 0 saturated heterocycles. The number of aromatic nitrogens is 4. The smallest absolute Gasteiger partial charge is 0.258 e. The minimum atomic E-state index is -0.136. The number of aryl methyl sites for hydroxylation is 4. The number of carbonyl (C=O) groups is 1. The third-order valence-corrected chi connectivity index (χ3v) is 3.60. The predicted octanol–water partition coefficient (Wildman–Crippen LogP) is 2.16. The van der Waals surface area contributed by atoms with E-state index in [4.69, 9.17) is 4.52 Å². The predicted molar refractivity (Wildman–Crippen MR) is 85.2 cm³/mol. The molecule has 0 saturated carbocycles. The van der Waals surface area contributed by atoms with E-state index in [-0.39, 0.29) is 5.91 Å². The zero-order valence-electron chi connectivity index (χ0n) is 13.5. The summed E-state index contributed by atoms with van der Waals surface area (Å²) in [5.74, 6) is -0.136. The van der Waals surface area contributed by atoms with Crippen molar-refractivity contribution in [1.29, 1.82) is 0 Å². The molecule has 3 rings (SSSR count). The van der Waals surface area contributed by atoms with Crippen molar-refractivity contribution in [1.82, 2.24) is 25.2 Å². The van der Waals surface area contributed by atoms with Crippen LogP contribution in [0.4, 0.5) is 0 Å². The molecule has 1 amide bonds. The number of carbonyl (C=O) groups excluding carboxylic acids is 1. The first-order valence-electron chi connectivity index (χ1n) is 7.55. The first kappa shape index (κ1) is 15.2. The summed E-state index contributed by atoms with van der Waals surface area (Å²) in [6, 6.07) is 1.76. The summed E-state index contributed by atoms with van der Waals surface area (Å²) in [6.07, 6.45) is 4.62.